The van der Waals surface area contributed by atoms with E-state index in [1.807, 2.05) is 43.3 Å². The van der Waals surface area contributed by atoms with Gasteiger partial charge in [0.2, 0.25) is 5.91 Å². The van der Waals surface area contributed by atoms with Gasteiger partial charge in [-0.3, -0.25) is 4.79 Å². The van der Waals surface area contributed by atoms with Gasteiger partial charge in [0, 0.05) is 11.4 Å². The van der Waals surface area contributed by atoms with Gasteiger partial charge in [-0.1, -0.05) is 18.2 Å². The molecule has 1 amide bonds. The van der Waals surface area contributed by atoms with Crippen LogP contribution >= 0.6 is 11.6 Å². The molecule has 0 spiro atoms. The molecule has 104 valence electrons. The number of aryl methyl sites for hydroxylation is 1. The largest absolute Gasteiger partial charge is 0.305 e. The minimum absolute atomic E-state index is 0.144. The number of rotatable bonds is 4. The van der Waals surface area contributed by atoms with Gasteiger partial charge in [0.15, 0.2) is 0 Å². The number of nitrogens with zero attached hydrogens (tertiary/aromatic N) is 3. The van der Waals surface area contributed by atoms with Crippen molar-refractivity contribution in [1.29, 1.82) is 0 Å². The second-order valence-corrected chi connectivity index (χ2v) is 5.18. The van der Waals surface area contributed by atoms with Gasteiger partial charge in [-0.15, -0.1) is 11.6 Å². The van der Waals surface area contributed by atoms with Gasteiger partial charge in [-0.2, -0.15) is 0 Å². The Bertz CT molecular complexity index is 587. The van der Waals surface area contributed by atoms with Gasteiger partial charge in [0.1, 0.15) is 11.7 Å². The van der Waals surface area contributed by atoms with Gasteiger partial charge in [0.25, 0.3) is 0 Å². The summed E-state index contributed by atoms with van der Waals surface area (Å²) < 4.78 is 0. The van der Waals surface area contributed by atoms with Crippen LogP contribution in [0.3, 0.4) is 0 Å². The summed E-state index contributed by atoms with van der Waals surface area (Å²) in [6.07, 6.45) is 1.50. The quantitative estimate of drug-likeness (QED) is 0.813. The van der Waals surface area contributed by atoms with Crippen molar-refractivity contribution in [3.05, 3.63) is 54.1 Å². The number of para-hydroxylation sites is 1. The van der Waals surface area contributed by atoms with Crippen LogP contribution < -0.4 is 4.90 Å². The lowest BCUT2D eigenvalue weighted by Crippen LogP contribution is -2.35. The van der Waals surface area contributed by atoms with Crippen LogP contribution in [0.4, 0.5) is 5.69 Å². The second-order valence-electron chi connectivity index (χ2n) is 4.53. The molecule has 0 radical (unpaired) electrons. The van der Waals surface area contributed by atoms with Crippen LogP contribution in [0.15, 0.2) is 42.7 Å². The Morgan fingerprint density at radius 2 is 2.00 bits per heavy atom. The first kappa shape index (κ1) is 14.5. The predicted molar refractivity (Wildman–Crippen MR) is 79.7 cm³/mol. The molecule has 1 atom stereocenters. The molecule has 4 nitrogen and oxygen atoms in total. The maximum absolute atomic E-state index is 12.3. The zero-order valence-electron chi connectivity index (χ0n) is 11.5. The van der Waals surface area contributed by atoms with Crippen molar-refractivity contribution in [2.24, 2.45) is 0 Å². The van der Waals surface area contributed by atoms with E-state index in [1.54, 1.807) is 11.8 Å². The number of alkyl halides is 1. The van der Waals surface area contributed by atoms with Gasteiger partial charge in [-0.25, -0.2) is 9.97 Å². The molecule has 0 fully saturated rings. The summed E-state index contributed by atoms with van der Waals surface area (Å²) in [6.45, 7) is 3.94. The Kier molecular flexibility index (Phi) is 4.69. The maximum Gasteiger partial charge on any atom is 0.245 e. The highest BCUT2D eigenvalue weighted by atomic mass is 35.5. The zero-order valence-corrected chi connectivity index (χ0v) is 12.2. The van der Waals surface area contributed by atoms with E-state index >= 15 is 0 Å². The van der Waals surface area contributed by atoms with Crippen molar-refractivity contribution in [3.63, 3.8) is 0 Å². The van der Waals surface area contributed by atoms with Crippen molar-refractivity contribution < 1.29 is 4.79 Å². The number of benzene rings is 1. The standard InChI is InChI=1S/C15H16ClN3O/c1-11-8-13(18-10-17-11)9-19(15(20)12(2)16)14-6-4-3-5-7-14/h3-8,10,12H,9H2,1-2H3. The first-order chi connectivity index (χ1) is 9.58. The van der Waals surface area contributed by atoms with Crippen LogP contribution in [0.1, 0.15) is 18.3 Å². The molecule has 0 saturated heterocycles. The first-order valence-corrected chi connectivity index (χ1v) is 6.79. The molecule has 0 aliphatic heterocycles. The molecule has 1 aromatic heterocycles. The average molecular weight is 290 g/mol. The summed E-state index contributed by atoms with van der Waals surface area (Å²) in [4.78, 5) is 22.2. The molecule has 1 aromatic carbocycles. The fraction of sp³-hybridized carbons (Fsp3) is 0.267. The molecule has 5 heteroatoms. The lowest BCUT2D eigenvalue weighted by Gasteiger charge is -2.23. The Hall–Kier alpha value is -1.94. The molecule has 0 saturated carbocycles. The molecule has 1 heterocycles. The van der Waals surface area contributed by atoms with Crippen LogP contribution in [0.5, 0.6) is 0 Å². The molecular formula is C15H16ClN3O. The number of carbonyl (C=O) groups is 1. The number of hydrogen-bond acceptors (Lipinski definition) is 3. The molecule has 1 unspecified atom stereocenters. The van der Waals surface area contributed by atoms with Crippen molar-refractivity contribution in [3.8, 4) is 0 Å². The number of halogens is 1. The van der Waals surface area contributed by atoms with Crippen LogP contribution in [0.2, 0.25) is 0 Å². The summed E-state index contributed by atoms with van der Waals surface area (Å²) >= 11 is 5.95. The summed E-state index contributed by atoms with van der Waals surface area (Å²) in [5.74, 6) is -0.144. The summed E-state index contributed by atoms with van der Waals surface area (Å²) in [5.41, 5.74) is 2.46. The van der Waals surface area contributed by atoms with Crippen LogP contribution in [-0.2, 0) is 11.3 Å². The fourth-order valence-corrected chi connectivity index (χ4v) is 2.00. The van der Waals surface area contributed by atoms with Gasteiger partial charge < -0.3 is 4.90 Å². The smallest absolute Gasteiger partial charge is 0.245 e. The van der Waals surface area contributed by atoms with E-state index in [0.29, 0.717) is 6.54 Å². The van der Waals surface area contributed by atoms with Crippen LogP contribution in [0.25, 0.3) is 0 Å². The van der Waals surface area contributed by atoms with Crippen molar-refractivity contribution in [1.82, 2.24) is 9.97 Å². The molecular weight excluding hydrogens is 274 g/mol. The fourth-order valence-electron chi connectivity index (χ4n) is 1.88. The molecule has 20 heavy (non-hydrogen) atoms. The Labute approximate surface area is 123 Å². The first-order valence-electron chi connectivity index (χ1n) is 6.36. The topological polar surface area (TPSA) is 46.1 Å². The van der Waals surface area contributed by atoms with Gasteiger partial charge in [0.05, 0.1) is 12.2 Å². The third-order valence-electron chi connectivity index (χ3n) is 2.85. The Morgan fingerprint density at radius 1 is 1.30 bits per heavy atom. The summed E-state index contributed by atoms with van der Waals surface area (Å²) in [5, 5.41) is -0.585. The third-order valence-corrected chi connectivity index (χ3v) is 3.04. The Balaban J connectivity index is 2.30. The summed E-state index contributed by atoms with van der Waals surface area (Å²) in [6, 6.07) is 11.3. The maximum atomic E-state index is 12.3. The van der Waals surface area contributed by atoms with E-state index in [2.05, 4.69) is 9.97 Å². The van der Waals surface area contributed by atoms with E-state index in [1.165, 1.54) is 6.33 Å². The lowest BCUT2D eigenvalue weighted by atomic mass is 10.2. The van der Waals surface area contributed by atoms with E-state index in [4.69, 9.17) is 11.6 Å². The normalized spacial score (nSPS) is 11.9. The Morgan fingerprint density at radius 3 is 2.60 bits per heavy atom. The average Bonchev–Trinajstić information content (AvgIpc) is 2.45. The number of aromatic nitrogens is 2. The molecule has 0 aliphatic carbocycles. The predicted octanol–water partition coefficient (Wildman–Crippen LogP) is 2.95. The minimum atomic E-state index is -0.585. The lowest BCUT2D eigenvalue weighted by molar-refractivity contribution is -0.118. The van der Waals surface area contributed by atoms with E-state index < -0.39 is 5.38 Å². The highest BCUT2D eigenvalue weighted by Gasteiger charge is 2.20. The number of amides is 1. The second kappa shape index (κ2) is 6.48. The number of anilines is 1. The van der Waals surface area contributed by atoms with Crippen LogP contribution in [-0.4, -0.2) is 21.3 Å². The molecule has 2 rings (SSSR count). The van der Waals surface area contributed by atoms with E-state index in [9.17, 15) is 4.79 Å². The minimum Gasteiger partial charge on any atom is -0.305 e. The summed E-state index contributed by atoms with van der Waals surface area (Å²) in [7, 11) is 0. The van der Waals surface area contributed by atoms with Crippen molar-refractivity contribution in [2.75, 3.05) is 4.90 Å². The highest BCUT2D eigenvalue weighted by Crippen LogP contribution is 2.18. The van der Waals surface area contributed by atoms with Gasteiger partial charge >= 0.3 is 0 Å². The van der Waals surface area contributed by atoms with Crippen molar-refractivity contribution >= 4 is 23.2 Å². The molecule has 0 aliphatic rings. The zero-order chi connectivity index (χ0) is 14.5. The molecule has 2 aromatic rings. The van der Waals surface area contributed by atoms with Crippen LogP contribution in [0, 0.1) is 6.92 Å². The van der Waals surface area contributed by atoms with E-state index in [0.717, 1.165) is 17.1 Å². The third kappa shape index (κ3) is 3.54. The van der Waals surface area contributed by atoms with Crippen molar-refractivity contribution in [2.45, 2.75) is 25.8 Å². The monoisotopic (exact) mass is 289 g/mol. The molecule has 0 bridgehead atoms. The highest BCUT2D eigenvalue weighted by molar-refractivity contribution is 6.32. The molecule has 0 N–H and O–H groups in total. The van der Waals surface area contributed by atoms with E-state index in [-0.39, 0.29) is 5.91 Å². The SMILES string of the molecule is Cc1cc(CN(C(=O)C(C)Cl)c2ccccc2)ncn1. The number of carbonyl (C=O) groups excluding carboxylic acids is 1. The number of hydrogen-bond donors (Lipinski definition) is 0. The van der Waals surface area contributed by atoms with Gasteiger partial charge in [-0.05, 0) is 32.0 Å².